The standard InChI is InChI=1S/C19H24N2O4S/c1-5-25-16-11-9-15(10-12-16)14(3)20-19(22)17-7-6-8-18(13(17)2)21-26(4,23)24/h6-12,14,21H,5H2,1-4H3,(H,20,22)/t14-/m1/s1. The van der Waals surface area contributed by atoms with Gasteiger partial charge >= 0.3 is 0 Å². The molecule has 2 N–H and O–H groups in total. The quantitative estimate of drug-likeness (QED) is 0.777. The van der Waals surface area contributed by atoms with Gasteiger partial charge in [-0.1, -0.05) is 18.2 Å². The van der Waals surface area contributed by atoms with E-state index in [2.05, 4.69) is 10.0 Å². The van der Waals surface area contributed by atoms with Crippen molar-refractivity contribution >= 4 is 21.6 Å². The lowest BCUT2D eigenvalue weighted by Gasteiger charge is -2.17. The van der Waals surface area contributed by atoms with Crippen LogP contribution < -0.4 is 14.8 Å². The summed E-state index contributed by atoms with van der Waals surface area (Å²) < 4.78 is 30.7. The van der Waals surface area contributed by atoms with Crippen LogP contribution in [0, 0.1) is 6.92 Å². The highest BCUT2D eigenvalue weighted by atomic mass is 32.2. The van der Waals surface area contributed by atoms with Crippen molar-refractivity contribution in [2.45, 2.75) is 26.8 Å². The van der Waals surface area contributed by atoms with Crippen LogP contribution in [0.25, 0.3) is 0 Å². The van der Waals surface area contributed by atoms with E-state index in [-0.39, 0.29) is 11.9 Å². The zero-order valence-electron chi connectivity index (χ0n) is 15.4. The first-order chi connectivity index (χ1) is 12.2. The fraction of sp³-hybridized carbons (Fsp3) is 0.316. The molecule has 1 atom stereocenters. The Morgan fingerprint density at radius 1 is 1.15 bits per heavy atom. The van der Waals surface area contributed by atoms with Gasteiger partial charge in [-0.25, -0.2) is 8.42 Å². The summed E-state index contributed by atoms with van der Waals surface area (Å²) in [6, 6.07) is 12.3. The number of hydrogen-bond acceptors (Lipinski definition) is 4. The lowest BCUT2D eigenvalue weighted by atomic mass is 10.0. The number of benzene rings is 2. The second kappa shape index (κ2) is 8.23. The third-order valence-corrected chi connectivity index (χ3v) is 4.50. The minimum atomic E-state index is -3.41. The molecule has 2 rings (SSSR count). The molecule has 0 radical (unpaired) electrons. The van der Waals surface area contributed by atoms with E-state index in [1.54, 1.807) is 25.1 Å². The van der Waals surface area contributed by atoms with Gasteiger partial charge < -0.3 is 10.1 Å². The van der Waals surface area contributed by atoms with Crippen LogP contribution in [0.4, 0.5) is 5.69 Å². The molecule has 1 amide bonds. The van der Waals surface area contributed by atoms with Crippen molar-refractivity contribution in [2.24, 2.45) is 0 Å². The van der Waals surface area contributed by atoms with E-state index in [0.717, 1.165) is 17.6 Å². The molecule has 0 aromatic heterocycles. The van der Waals surface area contributed by atoms with Crippen molar-refractivity contribution in [3.63, 3.8) is 0 Å². The summed E-state index contributed by atoms with van der Waals surface area (Å²) in [4.78, 5) is 12.6. The van der Waals surface area contributed by atoms with Crippen LogP contribution in [0.1, 0.15) is 41.4 Å². The minimum Gasteiger partial charge on any atom is -0.494 e. The summed E-state index contributed by atoms with van der Waals surface area (Å²) in [5.74, 6) is 0.520. The predicted molar refractivity (Wildman–Crippen MR) is 103 cm³/mol. The van der Waals surface area contributed by atoms with Crippen LogP contribution in [0.3, 0.4) is 0 Å². The first kappa shape index (κ1) is 19.8. The zero-order chi connectivity index (χ0) is 19.3. The molecule has 0 bridgehead atoms. The number of hydrogen-bond donors (Lipinski definition) is 2. The van der Waals surface area contributed by atoms with Gasteiger partial charge in [-0.05, 0) is 56.2 Å². The highest BCUT2D eigenvalue weighted by Gasteiger charge is 2.16. The van der Waals surface area contributed by atoms with Gasteiger partial charge in [-0.15, -0.1) is 0 Å². The summed E-state index contributed by atoms with van der Waals surface area (Å²) >= 11 is 0. The fourth-order valence-corrected chi connectivity index (χ4v) is 3.19. The molecule has 0 spiro atoms. The van der Waals surface area contributed by atoms with Crippen molar-refractivity contribution in [1.29, 1.82) is 0 Å². The summed E-state index contributed by atoms with van der Waals surface area (Å²) in [6.07, 6.45) is 1.08. The number of amides is 1. The molecule has 0 heterocycles. The van der Waals surface area contributed by atoms with Crippen LogP contribution in [-0.2, 0) is 10.0 Å². The van der Waals surface area contributed by atoms with Gasteiger partial charge in [0.2, 0.25) is 10.0 Å². The predicted octanol–water partition coefficient (Wildman–Crippen LogP) is 3.26. The third-order valence-electron chi connectivity index (χ3n) is 3.91. The van der Waals surface area contributed by atoms with Crippen molar-refractivity contribution in [2.75, 3.05) is 17.6 Å². The smallest absolute Gasteiger partial charge is 0.252 e. The third kappa shape index (κ3) is 5.23. The van der Waals surface area contributed by atoms with E-state index in [1.807, 2.05) is 38.1 Å². The number of carbonyl (C=O) groups is 1. The molecule has 2 aromatic rings. The fourth-order valence-electron chi connectivity index (χ4n) is 2.57. The lowest BCUT2D eigenvalue weighted by molar-refractivity contribution is 0.0939. The van der Waals surface area contributed by atoms with E-state index in [1.165, 1.54) is 0 Å². The average molecular weight is 376 g/mol. The Bertz CT molecular complexity index is 877. The van der Waals surface area contributed by atoms with Crippen molar-refractivity contribution < 1.29 is 17.9 Å². The number of rotatable bonds is 7. The molecule has 0 aliphatic heterocycles. The first-order valence-electron chi connectivity index (χ1n) is 8.32. The Morgan fingerprint density at radius 3 is 2.38 bits per heavy atom. The van der Waals surface area contributed by atoms with Crippen LogP contribution in [-0.4, -0.2) is 27.2 Å². The molecule has 0 aliphatic carbocycles. The minimum absolute atomic E-state index is 0.205. The van der Waals surface area contributed by atoms with Gasteiger partial charge in [-0.2, -0.15) is 0 Å². The van der Waals surface area contributed by atoms with Gasteiger partial charge in [-0.3, -0.25) is 9.52 Å². The van der Waals surface area contributed by atoms with E-state index in [9.17, 15) is 13.2 Å². The molecule has 0 aliphatic rings. The van der Waals surface area contributed by atoms with Gasteiger partial charge in [0.25, 0.3) is 5.91 Å². The SMILES string of the molecule is CCOc1ccc([C@@H](C)NC(=O)c2cccc(NS(C)(=O)=O)c2C)cc1. The second-order valence-electron chi connectivity index (χ2n) is 6.05. The number of ether oxygens (including phenoxy) is 1. The molecule has 2 aromatic carbocycles. The second-order valence-corrected chi connectivity index (χ2v) is 7.80. The molecule has 6 nitrogen and oxygen atoms in total. The van der Waals surface area contributed by atoms with Crippen molar-refractivity contribution in [1.82, 2.24) is 5.32 Å². The van der Waals surface area contributed by atoms with Gasteiger partial charge in [0.1, 0.15) is 5.75 Å². The molecular formula is C19H24N2O4S. The number of sulfonamides is 1. The zero-order valence-corrected chi connectivity index (χ0v) is 16.2. The van der Waals surface area contributed by atoms with Gasteiger partial charge in [0.15, 0.2) is 0 Å². The number of carbonyl (C=O) groups excluding carboxylic acids is 1. The van der Waals surface area contributed by atoms with Crippen LogP contribution in [0.2, 0.25) is 0 Å². The topological polar surface area (TPSA) is 84.5 Å². The highest BCUT2D eigenvalue weighted by Crippen LogP contribution is 2.22. The molecule has 7 heteroatoms. The lowest BCUT2D eigenvalue weighted by Crippen LogP contribution is -2.27. The van der Waals surface area contributed by atoms with Crippen LogP contribution >= 0.6 is 0 Å². The van der Waals surface area contributed by atoms with Gasteiger partial charge in [0.05, 0.1) is 24.6 Å². The summed E-state index contributed by atoms with van der Waals surface area (Å²) in [7, 11) is -3.41. The number of anilines is 1. The van der Waals surface area contributed by atoms with E-state index < -0.39 is 10.0 Å². The maximum atomic E-state index is 12.6. The average Bonchev–Trinajstić information content (AvgIpc) is 2.56. The summed E-state index contributed by atoms with van der Waals surface area (Å²) in [5.41, 5.74) is 2.35. The Morgan fingerprint density at radius 2 is 1.81 bits per heavy atom. The Hall–Kier alpha value is -2.54. The van der Waals surface area contributed by atoms with Gasteiger partial charge in [0, 0.05) is 5.56 Å². The monoisotopic (exact) mass is 376 g/mol. The molecule has 0 unspecified atom stereocenters. The Kier molecular flexibility index (Phi) is 6.26. The molecule has 0 saturated carbocycles. The first-order valence-corrected chi connectivity index (χ1v) is 10.2. The highest BCUT2D eigenvalue weighted by molar-refractivity contribution is 7.92. The summed E-state index contributed by atoms with van der Waals surface area (Å²) in [5, 5.41) is 2.94. The maximum absolute atomic E-state index is 12.6. The molecule has 140 valence electrons. The largest absolute Gasteiger partial charge is 0.494 e. The Labute approximate surface area is 154 Å². The van der Waals surface area contributed by atoms with E-state index in [4.69, 9.17) is 4.74 Å². The maximum Gasteiger partial charge on any atom is 0.252 e. The molecular weight excluding hydrogens is 352 g/mol. The molecule has 0 fully saturated rings. The van der Waals surface area contributed by atoms with E-state index >= 15 is 0 Å². The van der Waals surface area contributed by atoms with Crippen LogP contribution in [0.5, 0.6) is 5.75 Å². The Balaban J connectivity index is 2.15. The van der Waals surface area contributed by atoms with Crippen molar-refractivity contribution in [3.05, 3.63) is 59.2 Å². The number of nitrogens with one attached hydrogen (secondary N) is 2. The van der Waals surface area contributed by atoms with Crippen LogP contribution in [0.15, 0.2) is 42.5 Å². The van der Waals surface area contributed by atoms with E-state index in [0.29, 0.717) is 23.4 Å². The molecule has 26 heavy (non-hydrogen) atoms. The summed E-state index contributed by atoms with van der Waals surface area (Å²) in [6.45, 7) is 6.13. The van der Waals surface area contributed by atoms with Crippen molar-refractivity contribution in [3.8, 4) is 5.75 Å². The normalized spacial score (nSPS) is 12.3. The molecule has 0 saturated heterocycles.